The Morgan fingerprint density at radius 2 is 1.61 bits per heavy atom. The van der Waals surface area contributed by atoms with Gasteiger partial charge in [-0.05, 0) is 49.4 Å². The molecule has 4 aromatic rings. The maximum absolute atomic E-state index is 13.5. The van der Waals surface area contributed by atoms with Gasteiger partial charge in [-0.2, -0.15) is 18.3 Å². The fraction of sp³-hybridized carbons (Fsp3) is 0.250. The Morgan fingerprint density at radius 1 is 1.00 bits per heavy atom. The van der Waals surface area contributed by atoms with Crippen LogP contribution in [0.3, 0.4) is 0 Å². The van der Waals surface area contributed by atoms with Gasteiger partial charge in [-0.3, -0.25) is 9.59 Å². The number of halogens is 3. The van der Waals surface area contributed by atoms with Crippen molar-refractivity contribution in [3.05, 3.63) is 106 Å². The maximum atomic E-state index is 13.5. The summed E-state index contributed by atoms with van der Waals surface area (Å²) >= 11 is 0. The summed E-state index contributed by atoms with van der Waals surface area (Å²) in [6.07, 6.45) is -6.49. The number of carbonyl (C=O) groups excluding carboxylic acids is 3. The largest absolute Gasteiger partial charge is 0.569 e. The molecule has 0 spiro atoms. The quantitative estimate of drug-likeness (QED) is 0.109. The molecule has 0 aliphatic carbocycles. The summed E-state index contributed by atoms with van der Waals surface area (Å²) in [6, 6.07) is 18.6. The lowest BCUT2D eigenvalue weighted by atomic mass is 10.1. The van der Waals surface area contributed by atoms with Crippen molar-refractivity contribution >= 4 is 27.9 Å². The number of carbonyl (C=O) groups is 3. The molecule has 266 valence electrons. The summed E-state index contributed by atoms with van der Waals surface area (Å²) in [4.78, 5) is 42.8. The summed E-state index contributed by atoms with van der Waals surface area (Å²) in [6.45, 7) is 1.34. The van der Waals surface area contributed by atoms with E-state index in [4.69, 9.17) is 9.57 Å². The number of aryl methyl sites for hydroxylation is 1. The minimum atomic E-state index is -4.72. The summed E-state index contributed by atoms with van der Waals surface area (Å²) in [5.74, 6) is -1.16. The van der Waals surface area contributed by atoms with Gasteiger partial charge in [0.2, 0.25) is 12.0 Å². The van der Waals surface area contributed by atoms with E-state index in [1.807, 2.05) is 6.92 Å². The number of nitrogens with zero attached hydrogens (tertiary/aromatic N) is 6. The molecule has 51 heavy (non-hydrogen) atoms. The zero-order valence-electron chi connectivity index (χ0n) is 26.6. The molecular weight excluding hydrogens is 699 g/mol. The number of imide groups is 1. The number of benzene rings is 3. The van der Waals surface area contributed by atoms with E-state index in [9.17, 15) is 41.2 Å². The van der Waals surface area contributed by atoms with Crippen LogP contribution in [-0.2, 0) is 25.8 Å². The van der Waals surface area contributed by atoms with E-state index in [1.165, 1.54) is 29.3 Å². The van der Waals surface area contributed by atoms with E-state index < -0.39 is 52.6 Å². The average Bonchev–Trinajstić information content (AvgIpc) is 3.65. The Bertz CT molecular complexity index is 2080. The predicted octanol–water partition coefficient (Wildman–Crippen LogP) is 4.81. The summed E-state index contributed by atoms with van der Waals surface area (Å²) < 4.78 is 74.5. The number of sulfonamides is 1. The van der Waals surface area contributed by atoms with Gasteiger partial charge in [0.05, 0.1) is 45.5 Å². The molecule has 15 nitrogen and oxygen atoms in total. The Labute approximate surface area is 288 Å². The number of hydrogen-bond donors (Lipinski definition) is 1. The maximum Gasteiger partial charge on any atom is 0.435 e. The van der Waals surface area contributed by atoms with Crippen molar-refractivity contribution in [2.45, 2.75) is 36.9 Å². The number of aromatic nitrogens is 2. The molecular formula is C32H28F3N7O8S. The molecule has 0 bridgehead atoms. The van der Waals surface area contributed by atoms with E-state index in [2.05, 4.69) is 10.4 Å². The second kappa shape index (κ2) is 13.7. The number of hydrazine groups is 1. The highest BCUT2D eigenvalue weighted by molar-refractivity contribution is 7.90. The smallest absolute Gasteiger partial charge is 0.435 e. The first-order chi connectivity index (χ1) is 24.2. The van der Waals surface area contributed by atoms with Crippen LogP contribution in [0.4, 0.5) is 18.0 Å². The van der Waals surface area contributed by atoms with E-state index in [1.54, 1.807) is 41.1 Å². The molecule has 1 N–H and O–H groups in total. The lowest BCUT2D eigenvalue weighted by Crippen LogP contribution is -2.43. The van der Waals surface area contributed by atoms with Gasteiger partial charge < -0.3 is 14.8 Å². The fourth-order valence-electron chi connectivity index (χ4n) is 5.43. The highest BCUT2D eigenvalue weighted by Gasteiger charge is 2.37. The standard InChI is InChI=1S/C32H28F3N7O8S/c1-20-6-8-21(9-7-20)27-18-28(32(33,34)35)36-41(27)22-10-12-24(13-11-22)51(47,48)37-31(45)50-23-14-16-39(17-15-23)42(46)38-49-19-40-29(43)25-4-2-3-5-26(25)30(40)44/h2-13,18,23H,14-17,19H2,1H3,(H,37,45)/b42-38-. The molecule has 1 aromatic heterocycles. The lowest BCUT2D eigenvalue weighted by molar-refractivity contribution is -0.713. The molecule has 1 saturated heterocycles. The Morgan fingerprint density at radius 3 is 2.20 bits per heavy atom. The number of fused-ring (bicyclic) bond motifs is 1. The third-order valence-electron chi connectivity index (χ3n) is 8.08. The van der Waals surface area contributed by atoms with Crippen LogP contribution in [0.1, 0.15) is 44.8 Å². The van der Waals surface area contributed by atoms with Gasteiger partial charge >= 0.3 is 12.3 Å². The molecule has 3 aromatic carbocycles. The molecule has 2 aliphatic rings. The number of hydrogen-bond acceptors (Lipinski definition) is 10. The fourth-order valence-corrected chi connectivity index (χ4v) is 6.31. The van der Waals surface area contributed by atoms with Crippen LogP contribution in [0.5, 0.6) is 0 Å². The van der Waals surface area contributed by atoms with E-state index in [-0.39, 0.29) is 58.3 Å². The highest BCUT2D eigenvalue weighted by Crippen LogP contribution is 2.33. The predicted molar refractivity (Wildman–Crippen MR) is 169 cm³/mol. The normalized spacial score (nSPS) is 15.6. The molecule has 3 amide bonds. The zero-order chi connectivity index (χ0) is 36.5. The molecule has 3 heterocycles. The molecule has 0 unspecified atom stereocenters. The second-order valence-electron chi connectivity index (χ2n) is 11.5. The number of nitrogens with one attached hydrogen (secondary N) is 1. The van der Waals surface area contributed by atoms with Crippen LogP contribution in [0.15, 0.2) is 89.0 Å². The average molecular weight is 728 g/mol. The number of alkyl halides is 3. The van der Waals surface area contributed by atoms with Crippen LogP contribution in [0.25, 0.3) is 16.9 Å². The molecule has 1 fully saturated rings. The summed E-state index contributed by atoms with van der Waals surface area (Å²) in [5.41, 5.74) is 0.933. The van der Waals surface area contributed by atoms with Crippen molar-refractivity contribution < 1.29 is 50.5 Å². The Balaban J connectivity index is 1.02. The second-order valence-corrected chi connectivity index (χ2v) is 13.2. The summed E-state index contributed by atoms with van der Waals surface area (Å²) in [5, 5.41) is 20.7. The van der Waals surface area contributed by atoms with Crippen LogP contribution < -0.4 is 4.72 Å². The Hall–Kier alpha value is -5.98. The summed E-state index contributed by atoms with van der Waals surface area (Å²) in [7, 11) is -4.45. The number of rotatable bonds is 9. The van der Waals surface area contributed by atoms with Crippen molar-refractivity contribution in [1.29, 1.82) is 0 Å². The van der Waals surface area contributed by atoms with Gasteiger partial charge in [-0.15, -0.1) is 5.01 Å². The van der Waals surface area contributed by atoms with Gasteiger partial charge in [-0.1, -0.05) is 42.0 Å². The molecule has 0 radical (unpaired) electrons. The molecule has 0 saturated carbocycles. The Kier molecular flexibility index (Phi) is 9.39. The van der Waals surface area contributed by atoms with E-state index in [0.29, 0.717) is 5.56 Å². The first kappa shape index (κ1) is 34.9. The number of amides is 3. The minimum absolute atomic E-state index is 0.0452. The molecule has 19 heteroatoms. The SMILES string of the molecule is Cc1ccc(-c2cc(C(F)(F)F)nn2-c2ccc(S(=O)(=O)NC(=O)OC3CCN(/[N+]([O-])=N/OCN4C(=O)c5ccccc5C4=O)CC3)cc2)cc1. The first-order valence-electron chi connectivity index (χ1n) is 15.3. The highest BCUT2D eigenvalue weighted by atomic mass is 32.2. The molecule has 0 atom stereocenters. The van der Waals surface area contributed by atoms with Gasteiger partial charge in [0.15, 0.2) is 5.69 Å². The van der Waals surface area contributed by atoms with Crippen molar-refractivity contribution in [2.75, 3.05) is 19.8 Å². The van der Waals surface area contributed by atoms with E-state index >= 15 is 0 Å². The van der Waals surface area contributed by atoms with Crippen LogP contribution in [0, 0.1) is 12.1 Å². The van der Waals surface area contributed by atoms with Gasteiger partial charge in [0, 0.05) is 18.4 Å². The monoisotopic (exact) mass is 727 g/mol. The van der Waals surface area contributed by atoms with Crippen LogP contribution in [-0.4, -0.2) is 76.9 Å². The van der Waals surface area contributed by atoms with Crippen LogP contribution in [0.2, 0.25) is 0 Å². The zero-order valence-corrected chi connectivity index (χ0v) is 27.4. The number of piperidine rings is 1. The van der Waals surface area contributed by atoms with Crippen molar-refractivity contribution in [3.8, 4) is 16.9 Å². The van der Waals surface area contributed by atoms with E-state index in [0.717, 1.165) is 33.3 Å². The third kappa shape index (κ3) is 7.47. The van der Waals surface area contributed by atoms with Crippen molar-refractivity contribution in [3.63, 3.8) is 0 Å². The van der Waals surface area contributed by atoms with Gasteiger partial charge in [-0.25, -0.2) is 27.5 Å². The topological polar surface area (TPSA) is 179 Å². The van der Waals surface area contributed by atoms with Crippen LogP contribution >= 0.6 is 0 Å². The number of ether oxygens (including phenoxy) is 1. The molecule has 6 rings (SSSR count). The third-order valence-corrected chi connectivity index (χ3v) is 9.41. The minimum Gasteiger partial charge on any atom is -0.569 e. The van der Waals surface area contributed by atoms with Gasteiger partial charge in [0.1, 0.15) is 6.10 Å². The lowest BCUT2D eigenvalue weighted by Gasteiger charge is -2.27. The van der Waals surface area contributed by atoms with Crippen molar-refractivity contribution in [2.24, 2.45) is 5.28 Å². The molecule has 2 aliphatic heterocycles. The van der Waals surface area contributed by atoms with Crippen molar-refractivity contribution in [1.82, 2.24) is 24.4 Å². The first-order valence-corrected chi connectivity index (χ1v) is 16.8. The van der Waals surface area contributed by atoms with Gasteiger partial charge in [0.25, 0.3) is 21.8 Å².